The molecule has 5 N–H and O–H groups in total. The molecule has 0 spiro atoms. The fourth-order valence-corrected chi connectivity index (χ4v) is 4.25. The van der Waals surface area contributed by atoms with Gasteiger partial charge in [-0.05, 0) is 61.8 Å². The Hall–Kier alpha value is -2.25. The van der Waals surface area contributed by atoms with Crippen LogP contribution in [0.5, 0.6) is 5.75 Å². The van der Waals surface area contributed by atoms with Gasteiger partial charge in [-0.3, -0.25) is 5.73 Å². The summed E-state index contributed by atoms with van der Waals surface area (Å²) >= 11 is 12.4. The third-order valence-corrected chi connectivity index (χ3v) is 5.78. The van der Waals surface area contributed by atoms with Crippen LogP contribution in [0.4, 0.5) is 0 Å². The van der Waals surface area contributed by atoms with Crippen LogP contribution in [0.1, 0.15) is 24.0 Å². The van der Waals surface area contributed by atoms with Gasteiger partial charge in [-0.2, -0.15) is 0 Å². The van der Waals surface area contributed by atoms with Gasteiger partial charge in [-0.15, -0.1) is 0 Å². The van der Waals surface area contributed by atoms with Crippen molar-refractivity contribution in [2.75, 3.05) is 20.2 Å². The molecule has 2 heterocycles. The maximum atomic E-state index is 6.67. The molecule has 2 aromatic rings. The average molecular weight is 446 g/mol. The number of hydrogen-bond acceptors (Lipinski definition) is 6. The summed E-state index contributed by atoms with van der Waals surface area (Å²) in [5.41, 5.74) is 9.26. The van der Waals surface area contributed by atoms with Gasteiger partial charge in [0.1, 0.15) is 11.6 Å². The first-order valence-electron chi connectivity index (χ1n) is 9.92. The third-order valence-electron chi connectivity index (χ3n) is 5.34. The molecular formula is C22H25Cl2N5O. The molecule has 0 bridgehead atoms. The normalized spacial score (nSPS) is 22.0. The molecule has 2 aromatic carbocycles. The molecule has 1 fully saturated rings. The van der Waals surface area contributed by atoms with Crippen LogP contribution in [0.15, 0.2) is 53.7 Å². The van der Waals surface area contributed by atoms with Crippen LogP contribution >= 0.6 is 23.2 Å². The van der Waals surface area contributed by atoms with Gasteiger partial charge in [0.15, 0.2) is 0 Å². The topological polar surface area (TPSA) is 83.7 Å². The van der Waals surface area contributed by atoms with Crippen molar-refractivity contribution in [2.24, 2.45) is 10.7 Å². The van der Waals surface area contributed by atoms with Gasteiger partial charge in [0, 0.05) is 33.4 Å². The van der Waals surface area contributed by atoms with Crippen LogP contribution in [0, 0.1) is 0 Å². The number of aliphatic imine (C=N–C) groups is 1. The fourth-order valence-electron chi connectivity index (χ4n) is 3.72. The van der Waals surface area contributed by atoms with Crippen molar-refractivity contribution in [1.29, 1.82) is 0 Å². The van der Waals surface area contributed by atoms with Crippen molar-refractivity contribution in [1.82, 2.24) is 16.0 Å². The molecule has 1 saturated heterocycles. The Morgan fingerprint density at radius 2 is 1.87 bits per heavy atom. The minimum atomic E-state index is -1.19. The number of nitrogens with one attached hydrogen (secondary N) is 3. The summed E-state index contributed by atoms with van der Waals surface area (Å²) in [4.78, 5) is 4.90. The predicted molar refractivity (Wildman–Crippen MR) is 123 cm³/mol. The van der Waals surface area contributed by atoms with Crippen molar-refractivity contribution in [2.45, 2.75) is 24.7 Å². The van der Waals surface area contributed by atoms with E-state index in [1.165, 1.54) is 0 Å². The van der Waals surface area contributed by atoms with Gasteiger partial charge in [-0.25, -0.2) is 4.99 Å². The van der Waals surface area contributed by atoms with Gasteiger partial charge in [-0.1, -0.05) is 35.3 Å². The highest BCUT2D eigenvalue weighted by atomic mass is 35.5. The highest BCUT2D eigenvalue weighted by Gasteiger charge is 2.32. The number of nitrogens with zero attached hydrogens (tertiary/aromatic N) is 1. The van der Waals surface area contributed by atoms with Crippen molar-refractivity contribution in [3.63, 3.8) is 0 Å². The zero-order valence-corrected chi connectivity index (χ0v) is 18.2. The molecule has 6 nitrogen and oxygen atoms in total. The molecule has 2 aliphatic rings. The molecule has 0 aromatic heterocycles. The lowest BCUT2D eigenvalue weighted by Gasteiger charge is -2.34. The van der Waals surface area contributed by atoms with E-state index >= 15 is 0 Å². The van der Waals surface area contributed by atoms with Crippen LogP contribution in [-0.2, 0) is 5.79 Å². The fraction of sp³-hybridized carbons (Fsp3) is 0.318. The third kappa shape index (κ3) is 4.57. The molecule has 4 rings (SSSR count). The summed E-state index contributed by atoms with van der Waals surface area (Å²) in [5.74, 6) is 0.319. The molecule has 0 radical (unpaired) electrons. The second-order valence-corrected chi connectivity index (χ2v) is 8.36. The zero-order chi connectivity index (χ0) is 21.1. The van der Waals surface area contributed by atoms with Crippen molar-refractivity contribution < 1.29 is 4.74 Å². The highest BCUT2D eigenvalue weighted by Crippen LogP contribution is 2.30. The van der Waals surface area contributed by atoms with Crippen LogP contribution in [0.25, 0.3) is 5.57 Å². The molecule has 8 heteroatoms. The van der Waals surface area contributed by atoms with Crippen molar-refractivity contribution in [3.8, 4) is 5.75 Å². The highest BCUT2D eigenvalue weighted by molar-refractivity contribution is 6.34. The number of methoxy groups -OCH3 is 1. The predicted octanol–water partition coefficient (Wildman–Crippen LogP) is 3.46. The van der Waals surface area contributed by atoms with Crippen molar-refractivity contribution >= 4 is 34.6 Å². The number of halogens is 2. The van der Waals surface area contributed by atoms with Crippen LogP contribution in [-0.4, -0.2) is 32.1 Å². The second kappa shape index (κ2) is 8.86. The Bertz CT molecular complexity index is 967. The first kappa shape index (κ1) is 21.0. The quantitative estimate of drug-likeness (QED) is 0.578. The van der Waals surface area contributed by atoms with E-state index < -0.39 is 5.79 Å². The van der Waals surface area contributed by atoms with E-state index in [0.717, 1.165) is 48.7 Å². The number of ether oxygens (including phenoxy) is 1. The first-order valence-corrected chi connectivity index (χ1v) is 10.7. The summed E-state index contributed by atoms with van der Waals surface area (Å²) < 4.78 is 5.40. The standard InChI is InChI=1S/C22H25Cl2N5O/c1-30-19-4-2-3-14(9-19)20-13-27-22(25,15-10-16(23)12-17(24)11-15)29-21(20)28-18-5-7-26-8-6-18/h2-4,9-13,18,26-27H,5-8,25H2,1H3,(H,28,29). The number of rotatable bonds is 4. The van der Waals surface area contributed by atoms with Crippen LogP contribution < -0.4 is 26.4 Å². The van der Waals surface area contributed by atoms with Crippen LogP contribution in [0.2, 0.25) is 10.0 Å². The molecule has 158 valence electrons. The largest absolute Gasteiger partial charge is 0.497 e. The van der Waals surface area contributed by atoms with E-state index in [-0.39, 0.29) is 0 Å². The lowest BCUT2D eigenvalue weighted by molar-refractivity contribution is 0.398. The van der Waals surface area contributed by atoms with Crippen molar-refractivity contribution in [3.05, 3.63) is 69.8 Å². The Morgan fingerprint density at radius 3 is 2.57 bits per heavy atom. The molecule has 2 aliphatic heterocycles. The summed E-state index contributed by atoms with van der Waals surface area (Å²) in [6.07, 6.45) is 3.91. The molecule has 30 heavy (non-hydrogen) atoms. The monoisotopic (exact) mass is 445 g/mol. The molecule has 0 saturated carbocycles. The minimum Gasteiger partial charge on any atom is -0.497 e. The average Bonchev–Trinajstić information content (AvgIpc) is 2.74. The number of nitrogens with two attached hydrogens (primary N) is 1. The molecule has 0 aliphatic carbocycles. The maximum absolute atomic E-state index is 6.67. The number of amidine groups is 1. The summed E-state index contributed by atoms with van der Waals surface area (Å²) in [6, 6.07) is 13.4. The van der Waals surface area contributed by atoms with Crippen LogP contribution in [0.3, 0.4) is 0 Å². The smallest absolute Gasteiger partial charge is 0.211 e. The van der Waals surface area contributed by atoms with Gasteiger partial charge in [0.2, 0.25) is 5.79 Å². The van der Waals surface area contributed by atoms with E-state index in [0.29, 0.717) is 21.7 Å². The Kier molecular flexibility index (Phi) is 6.20. The van der Waals surface area contributed by atoms with E-state index in [1.807, 2.05) is 30.5 Å². The van der Waals surface area contributed by atoms with E-state index in [4.69, 9.17) is 38.7 Å². The summed E-state index contributed by atoms with van der Waals surface area (Å²) in [7, 11) is 1.66. The molecule has 1 atom stereocenters. The van der Waals surface area contributed by atoms with Gasteiger partial charge in [0.05, 0.1) is 7.11 Å². The molecular weight excluding hydrogens is 421 g/mol. The van der Waals surface area contributed by atoms with Gasteiger partial charge < -0.3 is 20.7 Å². The number of benzene rings is 2. The Morgan fingerprint density at radius 1 is 1.13 bits per heavy atom. The summed E-state index contributed by atoms with van der Waals surface area (Å²) in [5, 5.41) is 11.3. The number of hydrogen-bond donors (Lipinski definition) is 4. The zero-order valence-electron chi connectivity index (χ0n) is 16.7. The van der Waals surface area contributed by atoms with E-state index in [1.54, 1.807) is 25.3 Å². The minimum absolute atomic E-state index is 0.310. The van der Waals surface area contributed by atoms with E-state index in [9.17, 15) is 0 Å². The molecule has 0 amide bonds. The summed E-state index contributed by atoms with van der Waals surface area (Å²) in [6.45, 7) is 1.94. The SMILES string of the molecule is COc1cccc(C2=CNC(N)(c3cc(Cl)cc(Cl)c3)N=C2NC2CCNCC2)c1. The number of piperidine rings is 1. The lowest BCUT2D eigenvalue weighted by atomic mass is 9.99. The first-order chi connectivity index (χ1) is 14.5. The maximum Gasteiger partial charge on any atom is 0.211 e. The van der Waals surface area contributed by atoms with E-state index in [2.05, 4.69) is 16.0 Å². The van der Waals surface area contributed by atoms with Gasteiger partial charge in [0.25, 0.3) is 0 Å². The van der Waals surface area contributed by atoms with Gasteiger partial charge >= 0.3 is 0 Å². The lowest BCUT2D eigenvalue weighted by Crippen LogP contribution is -2.52. The Labute approximate surface area is 186 Å². The molecule has 1 unspecified atom stereocenters. The second-order valence-electron chi connectivity index (χ2n) is 7.49. The Balaban J connectivity index is 1.73.